The van der Waals surface area contributed by atoms with E-state index >= 15 is 0 Å². The standard InChI is InChI=1S/C13H11N3O/c1-9-6-7-11(15)13(16-9)17-12-5-3-2-4-10(12)8-14/h2-7H,15H2,1H3. The Kier molecular flexibility index (Phi) is 2.93. The number of nitrogens with zero attached hydrogens (tertiary/aromatic N) is 2. The molecule has 4 heteroatoms. The van der Waals surface area contributed by atoms with Gasteiger partial charge in [0.15, 0.2) is 0 Å². The number of aryl methyl sites for hydroxylation is 1. The second-order valence-corrected chi connectivity index (χ2v) is 3.56. The molecule has 0 aliphatic carbocycles. The van der Waals surface area contributed by atoms with E-state index in [4.69, 9.17) is 15.7 Å². The fourth-order valence-corrected chi connectivity index (χ4v) is 1.38. The maximum atomic E-state index is 8.94. The number of nitrogen functional groups attached to an aromatic ring is 1. The van der Waals surface area contributed by atoms with Gasteiger partial charge >= 0.3 is 0 Å². The van der Waals surface area contributed by atoms with Crippen LogP contribution in [0.5, 0.6) is 11.6 Å². The Morgan fingerprint density at radius 1 is 1.24 bits per heavy atom. The molecular formula is C13H11N3O. The molecule has 0 saturated carbocycles. The maximum Gasteiger partial charge on any atom is 0.242 e. The zero-order valence-electron chi connectivity index (χ0n) is 9.34. The van der Waals surface area contributed by atoms with E-state index in [1.807, 2.05) is 6.92 Å². The van der Waals surface area contributed by atoms with Crippen LogP contribution in [0.3, 0.4) is 0 Å². The average molecular weight is 225 g/mol. The quantitative estimate of drug-likeness (QED) is 0.852. The first-order chi connectivity index (χ1) is 8.20. The number of hydrogen-bond acceptors (Lipinski definition) is 4. The molecule has 0 unspecified atom stereocenters. The highest BCUT2D eigenvalue weighted by atomic mass is 16.5. The highest BCUT2D eigenvalue weighted by molar-refractivity contribution is 5.52. The number of pyridine rings is 1. The molecular weight excluding hydrogens is 214 g/mol. The Morgan fingerprint density at radius 2 is 2.00 bits per heavy atom. The monoisotopic (exact) mass is 225 g/mol. The van der Waals surface area contributed by atoms with E-state index in [1.165, 1.54) is 0 Å². The van der Waals surface area contributed by atoms with Crippen LogP contribution in [0.25, 0.3) is 0 Å². The molecule has 84 valence electrons. The van der Waals surface area contributed by atoms with Gasteiger partial charge in [-0.15, -0.1) is 0 Å². The lowest BCUT2D eigenvalue weighted by atomic mass is 10.2. The van der Waals surface area contributed by atoms with Crippen molar-refractivity contribution in [1.29, 1.82) is 5.26 Å². The van der Waals surface area contributed by atoms with Crippen LogP contribution in [0.15, 0.2) is 36.4 Å². The first-order valence-corrected chi connectivity index (χ1v) is 5.11. The Morgan fingerprint density at radius 3 is 2.76 bits per heavy atom. The molecule has 0 bridgehead atoms. The first-order valence-electron chi connectivity index (χ1n) is 5.11. The van der Waals surface area contributed by atoms with Crippen molar-refractivity contribution < 1.29 is 4.74 Å². The van der Waals surface area contributed by atoms with E-state index in [-0.39, 0.29) is 0 Å². The van der Waals surface area contributed by atoms with Crippen molar-refractivity contribution in [2.75, 3.05) is 5.73 Å². The van der Waals surface area contributed by atoms with Crippen LogP contribution < -0.4 is 10.5 Å². The second-order valence-electron chi connectivity index (χ2n) is 3.56. The summed E-state index contributed by atoms with van der Waals surface area (Å²) in [6.45, 7) is 1.85. The van der Waals surface area contributed by atoms with E-state index in [2.05, 4.69) is 11.1 Å². The largest absolute Gasteiger partial charge is 0.436 e. The van der Waals surface area contributed by atoms with Crippen LogP contribution in [0, 0.1) is 18.3 Å². The van der Waals surface area contributed by atoms with Gasteiger partial charge in [0.25, 0.3) is 0 Å². The molecule has 4 nitrogen and oxygen atoms in total. The summed E-state index contributed by atoms with van der Waals surface area (Å²) >= 11 is 0. The summed E-state index contributed by atoms with van der Waals surface area (Å²) in [5.41, 5.74) is 7.47. The van der Waals surface area contributed by atoms with Gasteiger partial charge in [-0.25, -0.2) is 4.98 Å². The van der Waals surface area contributed by atoms with Crippen molar-refractivity contribution in [3.63, 3.8) is 0 Å². The van der Waals surface area contributed by atoms with Crippen LogP contribution in [-0.2, 0) is 0 Å². The molecule has 0 radical (unpaired) electrons. The van der Waals surface area contributed by atoms with Gasteiger partial charge in [-0.3, -0.25) is 0 Å². The molecule has 0 fully saturated rings. The number of aromatic nitrogens is 1. The van der Waals surface area contributed by atoms with E-state index in [1.54, 1.807) is 36.4 Å². The van der Waals surface area contributed by atoms with Gasteiger partial charge in [0.2, 0.25) is 5.88 Å². The minimum Gasteiger partial charge on any atom is -0.436 e. The molecule has 1 heterocycles. The van der Waals surface area contributed by atoms with Crippen molar-refractivity contribution in [3.05, 3.63) is 47.7 Å². The van der Waals surface area contributed by atoms with Gasteiger partial charge in [-0.2, -0.15) is 5.26 Å². The summed E-state index contributed by atoms with van der Waals surface area (Å²) in [4.78, 5) is 4.19. The number of anilines is 1. The third-order valence-corrected chi connectivity index (χ3v) is 2.24. The van der Waals surface area contributed by atoms with Crippen LogP contribution in [0.1, 0.15) is 11.3 Å². The minimum absolute atomic E-state index is 0.327. The maximum absolute atomic E-state index is 8.94. The van der Waals surface area contributed by atoms with Crippen molar-refractivity contribution in [2.45, 2.75) is 6.92 Å². The van der Waals surface area contributed by atoms with Crippen LogP contribution in [0.4, 0.5) is 5.69 Å². The lowest BCUT2D eigenvalue weighted by Crippen LogP contribution is -1.97. The summed E-state index contributed by atoms with van der Waals surface area (Å²) in [6, 6.07) is 12.6. The van der Waals surface area contributed by atoms with E-state index in [9.17, 15) is 0 Å². The molecule has 2 aromatic rings. The normalized spacial score (nSPS) is 9.65. The third-order valence-electron chi connectivity index (χ3n) is 2.24. The Labute approximate surface area is 99.3 Å². The lowest BCUT2D eigenvalue weighted by molar-refractivity contribution is 0.463. The van der Waals surface area contributed by atoms with Crippen molar-refractivity contribution in [2.24, 2.45) is 0 Å². The fraction of sp³-hybridized carbons (Fsp3) is 0.0769. The molecule has 0 aliphatic heterocycles. The van der Waals surface area contributed by atoms with Crippen LogP contribution in [-0.4, -0.2) is 4.98 Å². The molecule has 2 N–H and O–H groups in total. The number of nitriles is 1. The highest BCUT2D eigenvalue weighted by Gasteiger charge is 2.07. The Hall–Kier alpha value is -2.54. The van der Waals surface area contributed by atoms with E-state index in [0.717, 1.165) is 5.69 Å². The Balaban J connectivity index is 2.38. The topological polar surface area (TPSA) is 71.9 Å². The van der Waals surface area contributed by atoms with Gasteiger partial charge in [0, 0.05) is 5.69 Å². The molecule has 0 aliphatic rings. The predicted octanol–water partition coefficient (Wildman–Crippen LogP) is 2.64. The molecule has 0 atom stereocenters. The molecule has 1 aromatic heterocycles. The minimum atomic E-state index is 0.327. The molecule has 0 amide bonds. The van der Waals surface area contributed by atoms with Crippen LogP contribution >= 0.6 is 0 Å². The lowest BCUT2D eigenvalue weighted by Gasteiger charge is -2.08. The molecule has 0 saturated heterocycles. The van der Waals surface area contributed by atoms with Gasteiger partial charge < -0.3 is 10.5 Å². The van der Waals surface area contributed by atoms with Crippen LogP contribution in [0.2, 0.25) is 0 Å². The van der Waals surface area contributed by atoms with E-state index in [0.29, 0.717) is 22.9 Å². The predicted molar refractivity (Wildman–Crippen MR) is 64.6 cm³/mol. The number of benzene rings is 1. The van der Waals surface area contributed by atoms with Crippen molar-refractivity contribution >= 4 is 5.69 Å². The van der Waals surface area contributed by atoms with Gasteiger partial charge in [0.1, 0.15) is 11.8 Å². The number of rotatable bonds is 2. The third kappa shape index (κ3) is 2.34. The number of ether oxygens (including phenoxy) is 1. The summed E-state index contributed by atoms with van der Waals surface area (Å²) in [5.74, 6) is 0.785. The zero-order valence-corrected chi connectivity index (χ0v) is 9.34. The molecule has 17 heavy (non-hydrogen) atoms. The Bertz CT molecular complexity index is 587. The molecule has 2 rings (SSSR count). The smallest absolute Gasteiger partial charge is 0.242 e. The summed E-state index contributed by atoms with van der Waals surface area (Å²) in [7, 11) is 0. The SMILES string of the molecule is Cc1ccc(N)c(Oc2ccccc2C#N)n1. The van der Waals surface area contributed by atoms with Crippen molar-refractivity contribution in [3.8, 4) is 17.7 Å². The number of para-hydroxylation sites is 1. The molecule has 0 spiro atoms. The number of nitrogens with two attached hydrogens (primary N) is 1. The van der Waals surface area contributed by atoms with Crippen molar-refractivity contribution in [1.82, 2.24) is 4.98 Å². The van der Waals surface area contributed by atoms with Gasteiger partial charge in [-0.05, 0) is 31.2 Å². The number of hydrogen-bond donors (Lipinski definition) is 1. The highest BCUT2D eigenvalue weighted by Crippen LogP contribution is 2.27. The summed E-state index contributed by atoms with van der Waals surface area (Å²) in [5, 5.41) is 8.94. The zero-order chi connectivity index (χ0) is 12.3. The first kappa shape index (κ1) is 11.0. The average Bonchev–Trinajstić information content (AvgIpc) is 2.34. The van der Waals surface area contributed by atoms with Gasteiger partial charge in [-0.1, -0.05) is 12.1 Å². The van der Waals surface area contributed by atoms with E-state index < -0.39 is 0 Å². The summed E-state index contributed by atoms with van der Waals surface area (Å²) in [6.07, 6.45) is 0. The second kappa shape index (κ2) is 4.54. The van der Waals surface area contributed by atoms with Gasteiger partial charge in [0.05, 0.1) is 11.3 Å². The molecule has 1 aromatic carbocycles. The fourth-order valence-electron chi connectivity index (χ4n) is 1.38. The summed E-state index contributed by atoms with van der Waals surface area (Å²) < 4.78 is 5.55.